The maximum absolute atomic E-state index is 9.52. The van der Waals surface area contributed by atoms with Crippen LogP contribution in [0.3, 0.4) is 0 Å². The molecule has 0 aliphatic rings. The lowest BCUT2D eigenvalue weighted by atomic mass is 9.95. The lowest BCUT2D eigenvalue weighted by Crippen LogP contribution is -2.34. The van der Waals surface area contributed by atoms with Gasteiger partial charge in [0.25, 0.3) is 0 Å². The standard InChI is InChI=1S/C11H17NO2/c1-11(2,12)7-8-5-4-6-9(13)10(8)14-3/h4-6,13H,7,12H2,1-3H3. The highest BCUT2D eigenvalue weighted by Crippen LogP contribution is 2.31. The monoisotopic (exact) mass is 195 g/mol. The Labute approximate surface area is 84.5 Å². The van der Waals surface area contributed by atoms with Crippen LogP contribution in [0.1, 0.15) is 19.4 Å². The number of rotatable bonds is 3. The summed E-state index contributed by atoms with van der Waals surface area (Å²) in [5.74, 6) is 0.681. The van der Waals surface area contributed by atoms with E-state index in [-0.39, 0.29) is 11.3 Å². The molecule has 1 rings (SSSR count). The fourth-order valence-electron chi connectivity index (χ4n) is 1.44. The fraction of sp³-hybridized carbons (Fsp3) is 0.455. The Hall–Kier alpha value is -1.22. The number of ether oxygens (including phenoxy) is 1. The summed E-state index contributed by atoms with van der Waals surface area (Å²) in [6, 6.07) is 5.30. The molecule has 78 valence electrons. The lowest BCUT2D eigenvalue weighted by Gasteiger charge is -2.20. The molecule has 1 aromatic rings. The molecule has 0 atom stereocenters. The highest BCUT2D eigenvalue weighted by molar-refractivity contribution is 5.46. The molecule has 0 saturated heterocycles. The molecule has 0 heterocycles. The number of para-hydroxylation sites is 1. The molecule has 1 aromatic carbocycles. The largest absolute Gasteiger partial charge is 0.504 e. The van der Waals surface area contributed by atoms with Crippen molar-refractivity contribution in [3.05, 3.63) is 23.8 Å². The van der Waals surface area contributed by atoms with E-state index in [9.17, 15) is 5.11 Å². The summed E-state index contributed by atoms with van der Waals surface area (Å²) in [6.45, 7) is 3.88. The van der Waals surface area contributed by atoms with E-state index in [4.69, 9.17) is 10.5 Å². The molecule has 0 aliphatic carbocycles. The fourth-order valence-corrected chi connectivity index (χ4v) is 1.44. The molecule has 0 saturated carbocycles. The average Bonchev–Trinajstić information content (AvgIpc) is 2.01. The number of nitrogens with two attached hydrogens (primary N) is 1. The Morgan fingerprint density at radius 3 is 2.57 bits per heavy atom. The SMILES string of the molecule is COc1c(O)cccc1CC(C)(C)N. The predicted octanol–water partition coefficient (Wildman–Crippen LogP) is 1.68. The van der Waals surface area contributed by atoms with Gasteiger partial charge < -0.3 is 15.6 Å². The van der Waals surface area contributed by atoms with Crippen LogP contribution < -0.4 is 10.5 Å². The second-order valence-corrected chi connectivity index (χ2v) is 4.13. The molecule has 14 heavy (non-hydrogen) atoms. The lowest BCUT2D eigenvalue weighted by molar-refractivity contribution is 0.365. The Kier molecular flexibility index (Phi) is 3.01. The first-order valence-corrected chi connectivity index (χ1v) is 4.58. The molecule has 0 aliphatic heterocycles. The van der Waals surface area contributed by atoms with Gasteiger partial charge in [0, 0.05) is 5.54 Å². The first kappa shape index (κ1) is 10.9. The van der Waals surface area contributed by atoms with E-state index in [0.717, 1.165) is 5.56 Å². The van der Waals surface area contributed by atoms with Gasteiger partial charge in [0.15, 0.2) is 11.5 Å². The molecular weight excluding hydrogens is 178 g/mol. The predicted molar refractivity (Wildman–Crippen MR) is 56.6 cm³/mol. The third kappa shape index (κ3) is 2.64. The summed E-state index contributed by atoms with van der Waals surface area (Å²) in [7, 11) is 1.54. The zero-order valence-corrected chi connectivity index (χ0v) is 8.87. The van der Waals surface area contributed by atoms with Crippen LogP contribution >= 0.6 is 0 Å². The van der Waals surface area contributed by atoms with Gasteiger partial charge in [-0.1, -0.05) is 12.1 Å². The van der Waals surface area contributed by atoms with Crippen LogP contribution in [-0.4, -0.2) is 17.8 Å². The molecule has 0 aromatic heterocycles. The average molecular weight is 195 g/mol. The summed E-state index contributed by atoms with van der Waals surface area (Å²) in [6.07, 6.45) is 0.671. The van der Waals surface area contributed by atoms with Crippen LogP contribution in [0.25, 0.3) is 0 Å². The topological polar surface area (TPSA) is 55.5 Å². The van der Waals surface area contributed by atoms with Gasteiger partial charge >= 0.3 is 0 Å². The van der Waals surface area contributed by atoms with Gasteiger partial charge in [-0.05, 0) is 31.9 Å². The van der Waals surface area contributed by atoms with E-state index in [0.29, 0.717) is 12.2 Å². The first-order chi connectivity index (χ1) is 6.44. The van der Waals surface area contributed by atoms with E-state index in [1.807, 2.05) is 19.9 Å². The number of phenolic OH excluding ortho intramolecular Hbond substituents is 1. The van der Waals surface area contributed by atoms with E-state index >= 15 is 0 Å². The van der Waals surface area contributed by atoms with Crippen molar-refractivity contribution in [2.75, 3.05) is 7.11 Å². The van der Waals surface area contributed by atoms with Crippen molar-refractivity contribution in [2.24, 2.45) is 5.73 Å². The minimum absolute atomic E-state index is 0.161. The van der Waals surface area contributed by atoms with Crippen molar-refractivity contribution in [2.45, 2.75) is 25.8 Å². The van der Waals surface area contributed by atoms with E-state index < -0.39 is 0 Å². The van der Waals surface area contributed by atoms with Crippen molar-refractivity contribution < 1.29 is 9.84 Å². The number of phenols is 1. The summed E-state index contributed by atoms with van der Waals surface area (Å²) in [5, 5.41) is 9.52. The van der Waals surface area contributed by atoms with Crippen molar-refractivity contribution in [1.82, 2.24) is 0 Å². The van der Waals surface area contributed by atoms with Gasteiger partial charge in [-0.25, -0.2) is 0 Å². The molecule has 0 unspecified atom stereocenters. The van der Waals surface area contributed by atoms with Gasteiger partial charge in [0.1, 0.15) is 0 Å². The number of benzene rings is 1. The van der Waals surface area contributed by atoms with Crippen molar-refractivity contribution in [3.63, 3.8) is 0 Å². The Morgan fingerprint density at radius 1 is 1.43 bits per heavy atom. The molecule has 3 N–H and O–H groups in total. The zero-order valence-electron chi connectivity index (χ0n) is 8.87. The van der Waals surface area contributed by atoms with E-state index in [1.165, 1.54) is 0 Å². The third-order valence-corrected chi connectivity index (χ3v) is 1.93. The van der Waals surface area contributed by atoms with Gasteiger partial charge in [-0.15, -0.1) is 0 Å². The Bertz CT molecular complexity index is 316. The van der Waals surface area contributed by atoms with Gasteiger partial charge in [0.2, 0.25) is 0 Å². The van der Waals surface area contributed by atoms with Gasteiger partial charge in [0.05, 0.1) is 7.11 Å². The number of hydrogen-bond acceptors (Lipinski definition) is 3. The molecule has 0 bridgehead atoms. The van der Waals surface area contributed by atoms with Crippen molar-refractivity contribution in [3.8, 4) is 11.5 Å². The van der Waals surface area contributed by atoms with Gasteiger partial charge in [-0.2, -0.15) is 0 Å². The normalized spacial score (nSPS) is 11.4. The minimum atomic E-state index is -0.304. The van der Waals surface area contributed by atoms with Crippen molar-refractivity contribution >= 4 is 0 Å². The second-order valence-electron chi connectivity index (χ2n) is 4.13. The quantitative estimate of drug-likeness (QED) is 0.771. The van der Waals surface area contributed by atoms with Crippen molar-refractivity contribution in [1.29, 1.82) is 0 Å². The van der Waals surface area contributed by atoms with Crippen LogP contribution in [0.4, 0.5) is 0 Å². The van der Waals surface area contributed by atoms with Crippen LogP contribution in [0.2, 0.25) is 0 Å². The minimum Gasteiger partial charge on any atom is -0.504 e. The molecule has 0 spiro atoms. The summed E-state index contributed by atoms with van der Waals surface area (Å²) in [5.41, 5.74) is 6.53. The number of aromatic hydroxyl groups is 1. The Morgan fingerprint density at radius 2 is 2.07 bits per heavy atom. The number of hydrogen-bond donors (Lipinski definition) is 2. The summed E-state index contributed by atoms with van der Waals surface area (Å²) in [4.78, 5) is 0. The third-order valence-electron chi connectivity index (χ3n) is 1.93. The summed E-state index contributed by atoms with van der Waals surface area (Å²) >= 11 is 0. The molecule has 0 amide bonds. The Balaban J connectivity index is 3.02. The molecule has 3 heteroatoms. The van der Waals surface area contributed by atoms with E-state index in [2.05, 4.69) is 0 Å². The molecule has 3 nitrogen and oxygen atoms in total. The van der Waals surface area contributed by atoms with Gasteiger partial charge in [-0.3, -0.25) is 0 Å². The molecule has 0 radical (unpaired) electrons. The maximum atomic E-state index is 9.52. The summed E-state index contributed by atoms with van der Waals surface area (Å²) < 4.78 is 5.12. The van der Waals surface area contributed by atoms with Crippen LogP contribution in [0.15, 0.2) is 18.2 Å². The smallest absolute Gasteiger partial charge is 0.163 e. The first-order valence-electron chi connectivity index (χ1n) is 4.58. The maximum Gasteiger partial charge on any atom is 0.163 e. The number of methoxy groups -OCH3 is 1. The molecular formula is C11H17NO2. The zero-order chi connectivity index (χ0) is 10.8. The van der Waals surface area contributed by atoms with Crippen LogP contribution in [0, 0.1) is 0 Å². The van der Waals surface area contributed by atoms with E-state index in [1.54, 1.807) is 19.2 Å². The molecule has 0 fully saturated rings. The van der Waals surface area contributed by atoms with Crippen LogP contribution in [-0.2, 0) is 6.42 Å². The highest BCUT2D eigenvalue weighted by atomic mass is 16.5. The highest BCUT2D eigenvalue weighted by Gasteiger charge is 2.16. The van der Waals surface area contributed by atoms with Crippen LogP contribution in [0.5, 0.6) is 11.5 Å². The second kappa shape index (κ2) is 3.88.